The van der Waals surface area contributed by atoms with Crippen molar-refractivity contribution in [2.75, 3.05) is 5.32 Å². The van der Waals surface area contributed by atoms with E-state index in [4.69, 9.17) is 0 Å². The van der Waals surface area contributed by atoms with Gasteiger partial charge in [0.05, 0.1) is 0 Å². The average molecular weight is 259 g/mol. The molecule has 2 aromatic carbocycles. The van der Waals surface area contributed by atoms with E-state index in [-0.39, 0.29) is 17.2 Å². The fraction of sp³-hybridized carbons (Fsp3) is 0.200. The lowest BCUT2D eigenvalue weighted by molar-refractivity contribution is 0.403. The number of phenolic OH excluding ortho intramolecular Hbond substituents is 3. The highest BCUT2D eigenvalue weighted by atomic mass is 16.3. The summed E-state index contributed by atoms with van der Waals surface area (Å²) >= 11 is 0. The number of anilines is 1. The highest BCUT2D eigenvalue weighted by Gasteiger charge is 2.04. The van der Waals surface area contributed by atoms with Crippen LogP contribution >= 0.6 is 0 Å². The number of nitrogens with one attached hydrogen (secondary N) is 1. The Morgan fingerprint density at radius 1 is 0.842 bits per heavy atom. The molecule has 0 aliphatic rings. The van der Waals surface area contributed by atoms with Gasteiger partial charge in [0.1, 0.15) is 5.75 Å². The van der Waals surface area contributed by atoms with Gasteiger partial charge in [0.2, 0.25) is 0 Å². The van der Waals surface area contributed by atoms with Gasteiger partial charge < -0.3 is 20.6 Å². The Bertz CT molecular complexity index is 609. The molecule has 4 heteroatoms. The first kappa shape index (κ1) is 13.1. The first-order valence-electron chi connectivity index (χ1n) is 6.02. The summed E-state index contributed by atoms with van der Waals surface area (Å²) in [6, 6.07) is 8.31. The van der Waals surface area contributed by atoms with Crippen molar-refractivity contribution in [1.29, 1.82) is 0 Å². The lowest BCUT2D eigenvalue weighted by atomic mass is 10.1. The summed E-state index contributed by atoms with van der Waals surface area (Å²) in [5.74, 6) is 0.0312. The Hall–Kier alpha value is -2.36. The molecular weight excluding hydrogens is 242 g/mol. The van der Waals surface area contributed by atoms with E-state index in [1.165, 1.54) is 12.1 Å². The molecule has 4 N–H and O–H groups in total. The number of aromatic hydroxyl groups is 3. The summed E-state index contributed by atoms with van der Waals surface area (Å²) in [5.41, 5.74) is 3.55. The van der Waals surface area contributed by atoms with Gasteiger partial charge in [-0.15, -0.1) is 0 Å². The van der Waals surface area contributed by atoms with Crippen LogP contribution in [0.5, 0.6) is 17.2 Å². The molecule has 0 amide bonds. The zero-order valence-corrected chi connectivity index (χ0v) is 10.9. The topological polar surface area (TPSA) is 72.7 Å². The van der Waals surface area contributed by atoms with Gasteiger partial charge >= 0.3 is 0 Å². The largest absolute Gasteiger partial charge is 0.508 e. The second-order valence-corrected chi connectivity index (χ2v) is 4.63. The van der Waals surface area contributed by atoms with Gasteiger partial charge in [0, 0.05) is 12.2 Å². The van der Waals surface area contributed by atoms with Crippen molar-refractivity contribution in [3.8, 4) is 17.2 Å². The molecule has 0 bridgehead atoms. The van der Waals surface area contributed by atoms with Gasteiger partial charge in [-0.05, 0) is 54.8 Å². The predicted octanol–water partition coefficient (Wildman–Crippen LogP) is 3.03. The molecule has 0 fully saturated rings. The fourth-order valence-corrected chi connectivity index (χ4v) is 1.87. The number of rotatable bonds is 3. The van der Waals surface area contributed by atoms with Gasteiger partial charge in [0.15, 0.2) is 11.5 Å². The third kappa shape index (κ3) is 2.91. The maximum atomic E-state index is 9.59. The van der Waals surface area contributed by atoms with Gasteiger partial charge in [-0.25, -0.2) is 0 Å². The summed E-state index contributed by atoms with van der Waals surface area (Å²) < 4.78 is 0. The van der Waals surface area contributed by atoms with Crippen LogP contribution in [0.2, 0.25) is 0 Å². The van der Waals surface area contributed by atoms with Crippen LogP contribution in [0.3, 0.4) is 0 Å². The number of aryl methyl sites for hydroxylation is 2. The van der Waals surface area contributed by atoms with Crippen molar-refractivity contribution < 1.29 is 15.3 Å². The molecule has 0 heterocycles. The van der Waals surface area contributed by atoms with E-state index in [1.54, 1.807) is 12.1 Å². The lowest BCUT2D eigenvalue weighted by Gasteiger charge is -2.12. The highest BCUT2D eigenvalue weighted by Crippen LogP contribution is 2.27. The smallest absolute Gasteiger partial charge is 0.157 e. The molecule has 100 valence electrons. The van der Waals surface area contributed by atoms with E-state index in [0.29, 0.717) is 6.54 Å². The normalized spacial score (nSPS) is 10.4. The molecule has 4 nitrogen and oxygen atoms in total. The van der Waals surface area contributed by atoms with Crippen molar-refractivity contribution >= 4 is 5.69 Å². The van der Waals surface area contributed by atoms with Crippen molar-refractivity contribution in [2.24, 2.45) is 0 Å². The van der Waals surface area contributed by atoms with Crippen molar-refractivity contribution in [3.05, 3.63) is 47.0 Å². The van der Waals surface area contributed by atoms with Crippen LogP contribution in [0.15, 0.2) is 30.3 Å². The molecule has 0 atom stereocenters. The third-order valence-electron chi connectivity index (χ3n) is 3.07. The van der Waals surface area contributed by atoms with Gasteiger partial charge in [-0.1, -0.05) is 6.07 Å². The molecule has 2 rings (SSSR count). The molecule has 0 spiro atoms. The Morgan fingerprint density at radius 2 is 1.58 bits per heavy atom. The first-order chi connectivity index (χ1) is 8.97. The van der Waals surface area contributed by atoms with Gasteiger partial charge in [-0.3, -0.25) is 0 Å². The molecule has 0 aliphatic heterocycles. The van der Waals surface area contributed by atoms with Gasteiger partial charge in [0.25, 0.3) is 0 Å². The molecule has 0 unspecified atom stereocenters. The van der Waals surface area contributed by atoms with Crippen molar-refractivity contribution in [2.45, 2.75) is 20.4 Å². The van der Waals surface area contributed by atoms with E-state index in [0.717, 1.165) is 22.4 Å². The van der Waals surface area contributed by atoms with E-state index >= 15 is 0 Å². The maximum Gasteiger partial charge on any atom is 0.157 e. The zero-order valence-electron chi connectivity index (χ0n) is 10.9. The van der Waals surface area contributed by atoms with Crippen LogP contribution in [0.1, 0.15) is 16.7 Å². The van der Waals surface area contributed by atoms with Crippen LogP contribution in [0.4, 0.5) is 5.69 Å². The third-order valence-corrected chi connectivity index (χ3v) is 3.07. The highest BCUT2D eigenvalue weighted by molar-refractivity contribution is 5.57. The summed E-state index contributed by atoms with van der Waals surface area (Å²) in [4.78, 5) is 0. The Labute approximate surface area is 112 Å². The SMILES string of the molecule is Cc1cc(NCc2ccc(O)c(O)c2)c(C)cc1O. The molecule has 0 aliphatic carbocycles. The minimum absolute atomic E-state index is 0.125. The zero-order chi connectivity index (χ0) is 14.0. The van der Waals surface area contributed by atoms with Gasteiger partial charge in [-0.2, -0.15) is 0 Å². The summed E-state index contributed by atoms with van der Waals surface area (Å²) in [7, 11) is 0. The van der Waals surface area contributed by atoms with Crippen LogP contribution in [0, 0.1) is 13.8 Å². The van der Waals surface area contributed by atoms with Crippen LogP contribution in [-0.4, -0.2) is 15.3 Å². The number of benzene rings is 2. The minimum atomic E-state index is -0.127. The number of phenols is 3. The van der Waals surface area contributed by atoms with E-state index in [1.807, 2.05) is 19.9 Å². The molecule has 0 aromatic heterocycles. The molecule has 0 radical (unpaired) electrons. The van der Waals surface area contributed by atoms with Crippen molar-refractivity contribution in [3.63, 3.8) is 0 Å². The maximum absolute atomic E-state index is 9.59. The quantitative estimate of drug-likeness (QED) is 0.505. The fourth-order valence-electron chi connectivity index (χ4n) is 1.87. The van der Waals surface area contributed by atoms with Crippen molar-refractivity contribution in [1.82, 2.24) is 0 Å². The molecule has 19 heavy (non-hydrogen) atoms. The molecular formula is C15H17NO3. The monoisotopic (exact) mass is 259 g/mol. The van der Waals surface area contributed by atoms with Crippen LogP contribution < -0.4 is 5.32 Å². The lowest BCUT2D eigenvalue weighted by Crippen LogP contribution is -2.01. The van der Waals surface area contributed by atoms with E-state index in [2.05, 4.69) is 5.32 Å². The van der Waals surface area contributed by atoms with E-state index < -0.39 is 0 Å². The predicted molar refractivity (Wildman–Crippen MR) is 74.7 cm³/mol. The van der Waals surface area contributed by atoms with Crippen LogP contribution in [0.25, 0.3) is 0 Å². The first-order valence-corrected chi connectivity index (χ1v) is 6.02. The Morgan fingerprint density at radius 3 is 2.26 bits per heavy atom. The second-order valence-electron chi connectivity index (χ2n) is 4.63. The Kier molecular flexibility index (Phi) is 3.51. The molecule has 0 saturated heterocycles. The summed E-state index contributed by atoms with van der Waals surface area (Å²) in [6.45, 7) is 4.28. The minimum Gasteiger partial charge on any atom is -0.508 e. The average Bonchev–Trinajstić information content (AvgIpc) is 2.36. The number of hydrogen-bond acceptors (Lipinski definition) is 4. The Balaban J connectivity index is 2.14. The van der Waals surface area contributed by atoms with Crippen LogP contribution in [-0.2, 0) is 6.54 Å². The van der Waals surface area contributed by atoms with E-state index in [9.17, 15) is 15.3 Å². The second kappa shape index (κ2) is 5.10. The summed E-state index contributed by atoms with van der Waals surface area (Å²) in [6.07, 6.45) is 0. The standard InChI is InChI=1S/C15H17NO3/c1-9-6-14(18)10(2)5-12(9)16-8-11-3-4-13(17)15(19)7-11/h3-7,16-19H,8H2,1-2H3. The summed E-state index contributed by atoms with van der Waals surface area (Å²) in [5, 5.41) is 31.5. The molecule has 2 aromatic rings. The molecule has 0 saturated carbocycles. The number of hydrogen-bond donors (Lipinski definition) is 4.